The highest BCUT2D eigenvalue weighted by Gasteiger charge is 2.34. The number of anilines is 3. The van der Waals surface area contributed by atoms with E-state index in [2.05, 4.69) is 15.6 Å². The third-order valence-electron chi connectivity index (χ3n) is 6.93. The van der Waals surface area contributed by atoms with Gasteiger partial charge in [-0.3, -0.25) is 9.69 Å². The predicted molar refractivity (Wildman–Crippen MR) is 162 cm³/mol. The average molecular weight is 586 g/mol. The van der Waals surface area contributed by atoms with Crippen LogP contribution in [0.15, 0.2) is 66.9 Å². The summed E-state index contributed by atoms with van der Waals surface area (Å²) in [6, 6.07) is 17.9. The molecule has 6 rings (SSSR count). The molecule has 2 aliphatic heterocycles. The Labute approximate surface area is 247 Å². The van der Waals surface area contributed by atoms with Gasteiger partial charge in [0.25, 0.3) is 5.91 Å². The van der Waals surface area contributed by atoms with Crippen molar-refractivity contribution >= 4 is 56.6 Å². The summed E-state index contributed by atoms with van der Waals surface area (Å²) in [6.45, 7) is 6.42. The van der Waals surface area contributed by atoms with Gasteiger partial charge in [0, 0.05) is 25.3 Å². The number of para-hydroxylation sites is 1. The molecule has 11 heteroatoms. The van der Waals surface area contributed by atoms with Crippen LogP contribution in [0.3, 0.4) is 0 Å². The summed E-state index contributed by atoms with van der Waals surface area (Å²) in [5, 5.41) is 6.69. The number of thiophene rings is 1. The fourth-order valence-corrected chi connectivity index (χ4v) is 6.15. The van der Waals surface area contributed by atoms with Crippen molar-refractivity contribution in [2.75, 3.05) is 23.3 Å². The average Bonchev–Trinajstić information content (AvgIpc) is 3.33. The van der Waals surface area contributed by atoms with Crippen molar-refractivity contribution in [3.63, 3.8) is 0 Å². The second-order valence-electron chi connectivity index (χ2n) is 11.2. The SMILES string of the molecule is CC(C)(C)OC(=O)N1CCCC(NC(=O)c2sc3nccc4c3c2NC(=O)N4c2ccc(Oc3ccccc3)cc2)C1. The Kier molecular flexibility index (Phi) is 7.19. The van der Waals surface area contributed by atoms with Crippen molar-refractivity contribution in [2.24, 2.45) is 0 Å². The van der Waals surface area contributed by atoms with Crippen LogP contribution in [0.25, 0.3) is 10.2 Å². The molecular weight excluding hydrogens is 554 g/mol. The van der Waals surface area contributed by atoms with E-state index < -0.39 is 5.60 Å². The van der Waals surface area contributed by atoms with Gasteiger partial charge in [-0.2, -0.15) is 0 Å². The topological polar surface area (TPSA) is 113 Å². The zero-order valence-corrected chi connectivity index (χ0v) is 24.4. The van der Waals surface area contributed by atoms with Crippen LogP contribution >= 0.6 is 11.3 Å². The maximum Gasteiger partial charge on any atom is 0.410 e. The van der Waals surface area contributed by atoms with E-state index in [1.54, 1.807) is 34.2 Å². The zero-order valence-electron chi connectivity index (χ0n) is 23.5. The lowest BCUT2D eigenvalue weighted by atomic mass is 10.1. The number of carbonyl (C=O) groups excluding carboxylic acids is 3. The molecule has 4 amide bonds. The van der Waals surface area contributed by atoms with Crippen molar-refractivity contribution < 1.29 is 23.9 Å². The second-order valence-corrected chi connectivity index (χ2v) is 12.2. The van der Waals surface area contributed by atoms with Crippen molar-refractivity contribution in [3.8, 4) is 11.5 Å². The number of nitrogens with one attached hydrogen (secondary N) is 2. The van der Waals surface area contributed by atoms with Crippen LogP contribution in [0.5, 0.6) is 11.5 Å². The maximum absolute atomic E-state index is 13.5. The Morgan fingerprint density at radius 3 is 2.52 bits per heavy atom. The minimum atomic E-state index is -0.595. The van der Waals surface area contributed by atoms with Gasteiger partial charge < -0.3 is 25.0 Å². The van der Waals surface area contributed by atoms with Crippen molar-refractivity contribution in [1.82, 2.24) is 15.2 Å². The minimum absolute atomic E-state index is 0.240. The number of benzene rings is 2. The Morgan fingerprint density at radius 2 is 1.79 bits per heavy atom. The molecule has 10 nitrogen and oxygen atoms in total. The van der Waals surface area contributed by atoms with Crippen molar-refractivity contribution in [3.05, 3.63) is 71.7 Å². The van der Waals surface area contributed by atoms with Gasteiger partial charge in [0.15, 0.2) is 0 Å². The largest absolute Gasteiger partial charge is 0.457 e. The second kappa shape index (κ2) is 11.0. The van der Waals surface area contributed by atoms with Crippen LogP contribution in [-0.4, -0.2) is 52.6 Å². The smallest absolute Gasteiger partial charge is 0.410 e. The number of hydrogen-bond donors (Lipinski definition) is 2. The van der Waals surface area contributed by atoms with E-state index in [0.717, 1.165) is 18.6 Å². The molecule has 4 heterocycles. The van der Waals surface area contributed by atoms with E-state index in [4.69, 9.17) is 9.47 Å². The fraction of sp³-hybridized carbons (Fsp3) is 0.290. The van der Waals surface area contributed by atoms with Gasteiger partial charge in [0.1, 0.15) is 26.8 Å². The lowest BCUT2D eigenvalue weighted by Gasteiger charge is -2.34. The fourth-order valence-electron chi connectivity index (χ4n) is 5.13. The molecule has 0 spiro atoms. The van der Waals surface area contributed by atoms with Crippen LogP contribution in [-0.2, 0) is 4.74 Å². The quantitative estimate of drug-likeness (QED) is 0.263. The van der Waals surface area contributed by atoms with Crippen LogP contribution in [0.2, 0.25) is 0 Å². The molecule has 1 unspecified atom stereocenters. The number of piperidine rings is 1. The zero-order chi connectivity index (χ0) is 29.4. The molecule has 0 aliphatic carbocycles. The Bertz CT molecular complexity index is 1650. The number of aromatic nitrogens is 1. The van der Waals surface area contributed by atoms with E-state index in [0.29, 0.717) is 51.0 Å². The van der Waals surface area contributed by atoms with E-state index in [-0.39, 0.29) is 24.1 Å². The van der Waals surface area contributed by atoms with Gasteiger partial charge in [-0.1, -0.05) is 18.2 Å². The van der Waals surface area contributed by atoms with E-state index in [1.165, 1.54) is 11.3 Å². The van der Waals surface area contributed by atoms with Gasteiger partial charge in [-0.25, -0.2) is 14.6 Å². The first-order valence-electron chi connectivity index (χ1n) is 13.8. The third kappa shape index (κ3) is 5.60. The molecule has 1 atom stereocenters. The first kappa shape index (κ1) is 27.5. The molecule has 4 aromatic rings. The lowest BCUT2D eigenvalue weighted by molar-refractivity contribution is 0.0185. The summed E-state index contributed by atoms with van der Waals surface area (Å²) in [5.41, 5.74) is 1.13. The van der Waals surface area contributed by atoms with Gasteiger partial charge in [0.2, 0.25) is 0 Å². The van der Waals surface area contributed by atoms with Gasteiger partial charge in [0.05, 0.1) is 22.4 Å². The molecular formula is C31H31N5O5S. The highest BCUT2D eigenvalue weighted by atomic mass is 32.1. The van der Waals surface area contributed by atoms with E-state index in [1.807, 2.05) is 63.2 Å². The predicted octanol–water partition coefficient (Wildman–Crippen LogP) is 6.90. The number of amides is 4. The summed E-state index contributed by atoms with van der Waals surface area (Å²) in [7, 11) is 0. The number of nitrogens with zero attached hydrogens (tertiary/aromatic N) is 3. The van der Waals surface area contributed by atoms with Gasteiger partial charge >= 0.3 is 12.1 Å². The third-order valence-corrected chi connectivity index (χ3v) is 8.03. The Hall–Kier alpha value is -4.64. The number of rotatable bonds is 5. The Balaban J connectivity index is 1.22. The lowest BCUT2D eigenvalue weighted by Crippen LogP contribution is -2.50. The molecule has 2 aromatic carbocycles. The molecule has 0 saturated carbocycles. The molecule has 2 N–H and O–H groups in total. The van der Waals surface area contributed by atoms with Crippen molar-refractivity contribution in [2.45, 2.75) is 45.3 Å². The van der Waals surface area contributed by atoms with Gasteiger partial charge in [-0.05, 0) is 76.1 Å². The summed E-state index contributed by atoms with van der Waals surface area (Å²) in [5.74, 6) is 1.05. The van der Waals surface area contributed by atoms with Gasteiger partial charge in [-0.15, -0.1) is 11.3 Å². The summed E-state index contributed by atoms with van der Waals surface area (Å²) in [4.78, 5) is 48.2. The van der Waals surface area contributed by atoms with Crippen LogP contribution < -0.4 is 20.3 Å². The minimum Gasteiger partial charge on any atom is -0.457 e. The van der Waals surface area contributed by atoms with Crippen LogP contribution in [0.1, 0.15) is 43.3 Å². The first-order valence-corrected chi connectivity index (χ1v) is 14.6. The Morgan fingerprint density at radius 1 is 1.05 bits per heavy atom. The summed E-state index contributed by atoms with van der Waals surface area (Å²) in [6.07, 6.45) is 2.73. The molecule has 0 bridgehead atoms. The van der Waals surface area contributed by atoms with Crippen molar-refractivity contribution in [1.29, 1.82) is 0 Å². The van der Waals surface area contributed by atoms with E-state index >= 15 is 0 Å². The number of ether oxygens (including phenoxy) is 2. The molecule has 0 radical (unpaired) electrons. The number of urea groups is 1. The molecule has 216 valence electrons. The highest BCUT2D eigenvalue weighted by molar-refractivity contribution is 7.21. The number of carbonyl (C=O) groups is 3. The standard InChI is InChI=1S/C31H31N5O5S/c1-31(2,3)41-30(39)35-17-7-8-19(18-35)33-27(37)26-25-24-23(15-16-32-28(24)42-26)36(29(38)34-25)20-11-13-22(14-12-20)40-21-9-5-4-6-10-21/h4-6,9-16,19H,7-8,17-18H2,1-3H3,(H,33,37)(H,34,38). The summed E-state index contributed by atoms with van der Waals surface area (Å²) >= 11 is 1.23. The molecule has 1 fully saturated rings. The normalized spacial score (nSPS) is 16.6. The molecule has 1 saturated heterocycles. The highest BCUT2D eigenvalue weighted by Crippen LogP contribution is 2.46. The maximum atomic E-state index is 13.5. The molecule has 2 aromatic heterocycles. The molecule has 2 aliphatic rings. The summed E-state index contributed by atoms with van der Waals surface area (Å²) < 4.78 is 11.4. The monoisotopic (exact) mass is 585 g/mol. The molecule has 42 heavy (non-hydrogen) atoms. The first-order chi connectivity index (χ1) is 20.2. The number of hydrogen-bond acceptors (Lipinski definition) is 7. The van der Waals surface area contributed by atoms with Crippen LogP contribution in [0, 0.1) is 0 Å². The van der Waals surface area contributed by atoms with Crippen LogP contribution in [0.4, 0.5) is 26.7 Å². The number of likely N-dealkylation sites (tertiary alicyclic amines) is 1. The van der Waals surface area contributed by atoms with E-state index in [9.17, 15) is 14.4 Å². The number of pyridine rings is 1.